The highest BCUT2D eigenvalue weighted by atomic mass is 32.1. The van der Waals surface area contributed by atoms with Gasteiger partial charge in [0.15, 0.2) is 5.13 Å². The van der Waals surface area contributed by atoms with E-state index in [0.717, 1.165) is 53.7 Å². The molecule has 0 spiro atoms. The van der Waals surface area contributed by atoms with Crippen LogP contribution in [0.5, 0.6) is 11.5 Å². The average Bonchev–Trinajstić information content (AvgIpc) is 3.42. The molecule has 29 heavy (non-hydrogen) atoms. The fourth-order valence-corrected chi connectivity index (χ4v) is 4.90. The fourth-order valence-electron chi connectivity index (χ4n) is 3.04. The lowest BCUT2D eigenvalue weighted by Gasteiger charge is -2.03. The summed E-state index contributed by atoms with van der Waals surface area (Å²) in [6.07, 6.45) is 0. The van der Waals surface area contributed by atoms with Crippen molar-refractivity contribution in [3.05, 3.63) is 48.2 Å². The highest BCUT2D eigenvalue weighted by molar-refractivity contribution is 7.22. The third kappa shape index (κ3) is 3.28. The molecule has 9 heteroatoms. The number of ether oxygens (including phenoxy) is 2. The Bertz CT molecular complexity index is 1340. The Morgan fingerprint density at radius 2 is 1.52 bits per heavy atom. The largest absolute Gasteiger partial charge is 0.497 e. The van der Waals surface area contributed by atoms with E-state index in [4.69, 9.17) is 14.5 Å². The van der Waals surface area contributed by atoms with Crippen molar-refractivity contribution in [2.45, 2.75) is 6.92 Å². The maximum atomic E-state index is 5.32. The maximum Gasteiger partial charge on any atom is 0.213 e. The third-order valence-corrected chi connectivity index (χ3v) is 6.35. The molecule has 5 aromatic rings. The van der Waals surface area contributed by atoms with Crippen LogP contribution in [0.3, 0.4) is 0 Å². The maximum absolute atomic E-state index is 5.32. The molecule has 0 radical (unpaired) electrons. The fraction of sp³-hybridized carbons (Fsp3) is 0.150. The number of thiazole rings is 2. The molecule has 7 nitrogen and oxygen atoms in total. The van der Waals surface area contributed by atoms with Crippen LogP contribution in [0.25, 0.3) is 25.6 Å². The van der Waals surface area contributed by atoms with Crippen molar-refractivity contribution in [1.29, 1.82) is 0 Å². The minimum absolute atomic E-state index is 0.784. The van der Waals surface area contributed by atoms with E-state index in [1.165, 1.54) is 0 Å². The quantitative estimate of drug-likeness (QED) is 0.421. The summed E-state index contributed by atoms with van der Waals surface area (Å²) in [5.74, 6) is 2.45. The lowest BCUT2D eigenvalue weighted by molar-refractivity contribution is 0.415. The van der Waals surface area contributed by atoms with Crippen molar-refractivity contribution in [3.8, 4) is 16.6 Å². The van der Waals surface area contributed by atoms with Crippen LogP contribution in [0.15, 0.2) is 42.5 Å². The number of methoxy groups -OCH3 is 2. The van der Waals surface area contributed by atoms with Crippen molar-refractivity contribution in [2.75, 3.05) is 19.5 Å². The lowest BCUT2D eigenvalue weighted by Crippen LogP contribution is -2.01. The number of benzene rings is 2. The van der Waals surface area contributed by atoms with Gasteiger partial charge in [-0.3, -0.25) is 0 Å². The van der Waals surface area contributed by atoms with E-state index in [9.17, 15) is 0 Å². The van der Waals surface area contributed by atoms with Crippen LogP contribution in [0.2, 0.25) is 0 Å². The summed E-state index contributed by atoms with van der Waals surface area (Å²) < 4.78 is 14.5. The van der Waals surface area contributed by atoms with Crippen LogP contribution in [0.4, 0.5) is 10.9 Å². The Labute approximate surface area is 174 Å². The van der Waals surface area contributed by atoms with Gasteiger partial charge in [0.25, 0.3) is 0 Å². The summed E-state index contributed by atoms with van der Waals surface area (Å²) in [5, 5.41) is 9.59. The standard InChI is InChI=1S/C20H17N5O2S2/c1-11-8-18(23-19-21-14-6-4-12(26-2)9-16(14)28-19)25(24-11)20-22-15-7-5-13(27-3)10-17(15)29-20/h4-10H,1-3H3,(H,21,23). The number of fused-ring (bicyclic) bond motifs is 2. The first-order valence-corrected chi connectivity index (χ1v) is 10.5. The Morgan fingerprint density at radius 1 is 0.862 bits per heavy atom. The van der Waals surface area contributed by atoms with Gasteiger partial charge in [-0.05, 0) is 43.3 Å². The molecular weight excluding hydrogens is 406 g/mol. The Balaban J connectivity index is 1.52. The van der Waals surface area contributed by atoms with Gasteiger partial charge >= 0.3 is 0 Å². The monoisotopic (exact) mass is 423 g/mol. The second-order valence-corrected chi connectivity index (χ2v) is 8.43. The molecule has 0 aliphatic rings. The number of hydrogen-bond acceptors (Lipinski definition) is 8. The van der Waals surface area contributed by atoms with Gasteiger partial charge in [-0.1, -0.05) is 22.7 Å². The van der Waals surface area contributed by atoms with Crippen molar-refractivity contribution >= 4 is 54.1 Å². The van der Waals surface area contributed by atoms with Crippen LogP contribution >= 0.6 is 22.7 Å². The molecule has 3 heterocycles. The number of nitrogens with zero attached hydrogens (tertiary/aromatic N) is 4. The average molecular weight is 424 g/mol. The van der Waals surface area contributed by atoms with Crippen LogP contribution in [0.1, 0.15) is 5.69 Å². The topological polar surface area (TPSA) is 74.1 Å². The minimum Gasteiger partial charge on any atom is -0.497 e. The first-order chi connectivity index (χ1) is 14.1. The molecule has 0 bridgehead atoms. The zero-order valence-electron chi connectivity index (χ0n) is 16.0. The van der Waals surface area contributed by atoms with Gasteiger partial charge in [-0.25, -0.2) is 9.97 Å². The zero-order chi connectivity index (χ0) is 20.0. The predicted octanol–water partition coefficient (Wildman–Crippen LogP) is 5.16. The van der Waals surface area contributed by atoms with Gasteiger partial charge in [0.05, 0.1) is 40.3 Å². The van der Waals surface area contributed by atoms with E-state index in [1.807, 2.05) is 54.1 Å². The van der Waals surface area contributed by atoms with Crippen LogP contribution in [0, 0.1) is 6.92 Å². The van der Waals surface area contributed by atoms with Crippen LogP contribution < -0.4 is 14.8 Å². The Morgan fingerprint density at radius 3 is 2.21 bits per heavy atom. The van der Waals surface area contributed by atoms with E-state index in [2.05, 4.69) is 15.4 Å². The van der Waals surface area contributed by atoms with Gasteiger partial charge in [-0.2, -0.15) is 9.78 Å². The van der Waals surface area contributed by atoms with Gasteiger partial charge in [-0.15, -0.1) is 0 Å². The van der Waals surface area contributed by atoms with Crippen LogP contribution in [-0.4, -0.2) is 34.0 Å². The smallest absolute Gasteiger partial charge is 0.213 e. The molecule has 0 aliphatic heterocycles. The summed E-state index contributed by atoms with van der Waals surface area (Å²) in [5.41, 5.74) is 2.73. The van der Waals surface area contributed by atoms with Crippen molar-refractivity contribution in [1.82, 2.24) is 19.7 Å². The molecule has 3 aromatic heterocycles. The first kappa shape index (κ1) is 17.9. The van der Waals surface area contributed by atoms with E-state index in [-0.39, 0.29) is 0 Å². The normalized spacial score (nSPS) is 11.3. The summed E-state index contributed by atoms with van der Waals surface area (Å²) in [7, 11) is 3.33. The molecule has 0 unspecified atom stereocenters. The number of anilines is 2. The van der Waals surface area contributed by atoms with Gasteiger partial charge in [0.1, 0.15) is 17.3 Å². The zero-order valence-corrected chi connectivity index (χ0v) is 17.6. The van der Waals surface area contributed by atoms with Crippen molar-refractivity contribution in [3.63, 3.8) is 0 Å². The molecule has 0 atom stereocenters. The van der Waals surface area contributed by atoms with Gasteiger partial charge < -0.3 is 14.8 Å². The molecule has 0 aliphatic carbocycles. The number of hydrogen-bond donors (Lipinski definition) is 1. The summed E-state index contributed by atoms with van der Waals surface area (Å²) >= 11 is 3.13. The van der Waals surface area contributed by atoms with E-state index in [0.29, 0.717) is 0 Å². The van der Waals surface area contributed by atoms with Crippen LogP contribution in [-0.2, 0) is 0 Å². The molecule has 1 N–H and O–H groups in total. The second-order valence-electron chi connectivity index (χ2n) is 6.39. The number of aryl methyl sites for hydroxylation is 1. The Kier molecular flexibility index (Phi) is 4.33. The highest BCUT2D eigenvalue weighted by Gasteiger charge is 2.15. The van der Waals surface area contributed by atoms with E-state index in [1.54, 1.807) is 36.9 Å². The summed E-state index contributed by atoms with van der Waals surface area (Å²) in [6.45, 7) is 1.96. The molecule has 0 amide bonds. The van der Waals surface area contributed by atoms with Gasteiger partial charge in [0, 0.05) is 6.07 Å². The lowest BCUT2D eigenvalue weighted by atomic mass is 10.3. The third-order valence-electron chi connectivity index (χ3n) is 4.43. The molecule has 0 saturated heterocycles. The number of rotatable bonds is 5. The summed E-state index contributed by atoms with van der Waals surface area (Å²) in [4.78, 5) is 9.40. The Hall–Kier alpha value is -3.17. The molecule has 2 aromatic carbocycles. The van der Waals surface area contributed by atoms with Crippen molar-refractivity contribution in [2.24, 2.45) is 0 Å². The van der Waals surface area contributed by atoms with Gasteiger partial charge in [0.2, 0.25) is 5.13 Å². The SMILES string of the molecule is COc1ccc2nc(Nc3cc(C)nn3-c3nc4ccc(OC)cc4s3)sc2c1. The summed E-state index contributed by atoms with van der Waals surface area (Å²) in [6, 6.07) is 13.7. The molecule has 0 fully saturated rings. The first-order valence-electron chi connectivity index (χ1n) is 8.86. The van der Waals surface area contributed by atoms with Crippen molar-refractivity contribution < 1.29 is 9.47 Å². The number of aromatic nitrogens is 4. The van der Waals surface area contributed by atoms with E-state index < -0.39 is 0 Å². The number of nitrogens with one attached hydrogen (secondary N) is 1. The molecule has 0 saturated carbocycles. The highest BCUT2D eigenvalue weighted by Crippen LogP contribution is 2.33. The minimum atomic E-state index is 0.784. The molecular formula is C20H17N5O2S2. The second kappa shape index (κ2) is 7.02. The molecule has 5 rings (SSSR count). The molecule has 146 valence electrons. The predicted molar refractivity (Wildman–Crippen MR) is 117 cm³/mol. The van der Waals surface area contributed by atoms with E-state index >= 15 is 0 Å².